The molecule has 1 unspecified atom stereocenters. The van der Waals surface area contributed by atoms with E-state index in [0.717, 1.165) is 27.3 Å². The van der Waals surface area contributed by atoms with Crippen molar-refractivity contribution in [3.05, 3.63) is 45.3 Å². The number of hydrogen-bond acceptors (Lipinski definition) is 5. The van der Waals surface area contributed by atoms with Crippen LogP contribution in [-0.2, 0) is 4.79 Å². The second-order valence-electron chi connectivity index (χ2n) is 6.12. The number of carboxylic acid groups (broad SMARTS) is 1. The van der Waals surface area contributed by atoms with Crippen LogP contribution in [0.4, 0.5) is 0 Å². The molecule has 6 nitrogen and oxygen atoms in total. The Hall–Kier alpha value is -2.67. The molecule has 0 radical (unpaired) electrons. The van der Waals surface area contributed by atoms with E-state index in [2.05, 4.69) is 4.98 Å². The molecule has 0 saturated carbocycles. The van der Waals surface area contributed by atoms with E-state index in [9.17, 15) is 14.7 Å². The number of hydrogen-bond donors (Lipinski definition) is 1. The standard InChI is InChI=1S/C19H20N2O4S/c1-5-13(19(23)24)21-9-20-17-16(18(21)22)15(11(3)26-17)12-6-7-14(25-4)10(2)8-12/h6-9,13H,5H2,1-4H3,(H,23,24). The number of nitrogens with zero attached hydrogens (tertiary/aromatic N) is 2. The van der Waals surface area contributed by atoms with Crippen molar-refractivity contribution >= 4 is 27.5 Å². The summed E-state index contributed by atoms with van der Waals surface area (Å²) >= 11 is 1.44. The van der Waals surface area contributed by atoms with Crippen molar-refractivity contribution in [2.45, 2.75) is 33.2 Å². The van der Waals surface area contributed by atoms with Crippen LogP contribution in [0.25, 0.3) is 21.3 Å². The van der Waals surface area contributed by atoms with Crippen molar-refractivity contribution in [2.75, 3.05) is 7.11 Å². The Kier molecular flexibility index (Phi) is 4.82. The minimum absolute atomic E-state index is 0.308. The average Bonchev–Trinajstić information content (AvgIpc) is 2.94. The molecule has 0 fully saturated rings. The zero-order valence-corrected chi connectivity index (χ0v) is 15.9. The summed E-state index contributed by atoms with van der Waals surface area (Å²) in [6, 6.07) is 4.82. The normalized spacial score (nSPS) is 12.3. The SMILES string of the molecule is CCC(C(=O)O)n1cnc2sc(C)c(-c3ccc(OC)c(C)c3)c2c1=O. The van der Waals surface area contributed by atoms with Crippen LogP contribution in [0.2, 0.25) is 0 Å². The number of aryl methyl sites for hydroxylation is 2. The third-order valence-corrected chi connectivity index (χ3v) is 5.52. The number of aliphatic carboxylic acids is 1. The van der Waals surface area contributed by atoms with Crippen LogP contribution in [0.5, 0.6) is 5.75 Å². The monoisotopic (exact) mass is 372 g/mol. The van der Waals surface area contributed by atoms with E-state index in [1.165, 1.54) is 22.2 Å². The Labute approximate surface area is 154 Å². The summed E-state index contributed by atoms with van der Waals surface area (Å²) in [5, 5.41) is 9.88. The topological polar surface area (TPSA) is 81.4 Å². The Bertz CT molecular complexity index is 1050. The fraction of sp³-hybridized carbons (Fsp3) is 0.316. The number of methoxy groups -OCH3 is 1. The highest BCUT2D eigenvalue weighted by atomic mass is 32.1. The molecule has 2 heterocycles. The van der Waals surface area contributed by atoms with Crippen LogP contribution >= 0.6 is 11.3 Å². The number of benzene rings is 1. The molecule has 1 atom stereocenters. The summed E-state index contributed by atoms with van der Waals surface area (Å²) in [6.45, 7) is 5.63. The third-order valence-electron chi connectivity index (χ3n) is 4.50. The quantitative estimate of drug-likeness (QED) is 0.737. The van der Waals surface area contributed by atoms with Crippen molar-refractivity contribution in [1.29, 1.82) is 0 Å². The molecule has 3 aromatic rings. The number of carboxylic acids is 1. The molecule has 0 aliphatic heterocycles. The van der Waals surface area contributed by atoms with E-state index in [4.69, 9.17) is 4.74 Å². The number of thiophene rings is 1. The summed E-state index contributed by atoms with van der Waals surface area (Å²) in [5.41, 5.74) is 2.34. The largest absolute Gasteiger partial charge is 0.496 e. The van der Waals surface area contributed by atoms with Gasteiger partial charge >= 0.3 is 5.97 Å². The van der Waals surface area contributed by atoms with Crippen molar-refractivity contribution in [3.63, 3.8) is 0 Å². The van der Waals surface area contributed by atoms with Crippen LogP contribution in [0.15, 0.2) is 29.3 Å². The highest BCUT2D eigenvalue weighted by Crippen LogP contribution is 2.37. The van der Waals surface area contributed by atoms with Gasteiger partial charge in [0.25, 0.3) is 5.56 Å². The summed E-state index contributed by atoms with van der Waals surface area (Å²) in [4.78, 5) is 30.5. The highest BCUT2D eigenvalue weighted by Gasteiger charge is 2.23. The molecule has 0 bridgehead atoms. The third kappa shape index (κ3) is 2.88. The van der Waals surface area contributed by atoms with E-state index in [1.807, 2.05) is 32.0 Å². The summed E-state index contributed by atoms with van der Waals surface area (Å²) in [5.74, 6) is -0.261. The Balaban J connectivity index is 2.30. The Morgan fingerprint density at radius 1 is 1.38 bits per heavy atom. The van der Waals surface area contributed by atoms with Gasteiger partial charge in [-0.1, -0.05) is 13.0 Å². The van der Waals surface area contributed by atoms with E-state index in [0.29, 0.717) is 16.6 Å². The summed E-state index contributed by atoms with van der Waals surface area (Å²) in [7, 11) is 1.62. The molecule has 0 amide bonds. The van der Waals surface area contributed by atoms with Crippen molar-refractivity contribution in [3.8, 4) is 16.9 Å². The molecule has 2 aromatic heterocycles. The maximum absolute atomic E-state index is 13.1. The van der Waals surface area contributed by atoms with Gasteiger partial charge < -0.3 is 9.84 Å². The molecule has 3 rings (SSSR count). The predicted molar refractivity (Wildman–Crippen MR) is 102 cm³/mol. The lowest BCUT2D eigenvalue weighted by Gasteiger charge is -2.13. The molecule has 136 valence electrons. The number of aromatic nitrogens is 2. The van der Waals surface area contributed by atoms with E-state index >= 15 is 0 Å². The first-order valence-electron chi connectivity index (χ1n) is 8.27. The first-order valence-corrected chi connectivity index (χ1v) is 9.08. The Morgan fingerprint density at radius 2 is 2.12 bits per heavy atom. The predicted octanol–water partition coefficient (Wildman–Crippen LogP) is 3.79. The van der Waals surface area contributed by atoms with Gasteiger partial charge in [-0.15, -0.1) is 11.3 Å². The lowest BCUT2D eigenvalue weighted by Crippen LogP contribution is -2.29. The molecule has 0 aliphatic carbocycles. The first-order chi connectivity index (χ1) is 12.4. The summed E-state index contributed by atoms with van der Waals surface area (Å²) < 4.78 is 6.53. The first kappa shape index (κ1) is 18.1. The van der Waals surface area contributed by atoms with Crippen LogP contribution < -0.4 is 10.3 Å². The van der Waals surface area contributed by atoms with Gasteiger partial charge in [0.15, 0.2) is 0 Å². The van der Waals surface area contributed by atoms with Crippen molar-refractivity contribution in [2.24, 2.45) is 0 Å². The van der Waals surface area contributed by atoms with Crippen LogP contribution in [0.1, 0.15) is 29.8 Å². The zero-order chi connectivity index (χ0) is 19.0. The smallest absolute Gasteiger partial charge is 0.326 e. The molecule has 0 saturated heterocycles. The van der Waals surface area contributed by atoms with Crippen LogP contribution in [0.3, 0.4) is 0 Å². The minimum atomic E-state index is -1.04. The molecule has 26 heavy (non-hydrogen) atoms. The molecule has 0 spiro atoms. The minimum Gasteiger partial charge on any atom is -0.496 e. The maximum atomic E-state index is 13.1. The molecule has 7 heteroatoms. The fourth-order valence-electron chi connectivity index (χ4n) is 3.21. The number of rotatable bonds is 5. The molecular weight excluding hydrogens is 352 g/mol. The van der Waals surface area contributed by atoms with Gasteiger partial charge in [0, 0.05) is 10.4 Å². The zero-order valence-electron chi connectivity index (χ0n) is 15.1. The second-order valence-corrected chi connectivity index (χ2v) is 7.32. The van der Waals surface area contributed by atoms with Crippen LogP contribution in [0, 0.1) is 13.8 Å². The summed E-state index contributed by atoms with van der Waals surface area (Å²) in [6.07, 6.45) is 1.65. The maximum Gasteiger partial charge on any atom is 0.326 e. The number of fused-ring (bicyclic) bond motifs is 1. The average molecular weight is 372 g/mol. The van der Waals surface area contributed by atoms with Gasteiger partial charge in [-0.25, -0.2) is 9.78 Å². The van der Waals surface area contributed by atoms with Gasteiger partial charge in [-0.05, 0) is 43.5 Å². The van der Waals surface area contributed by atoms with Gasteiger partial charge in [0.1, 0.15) is 16.6 Å². The number of ether oxygens (including phenoxy) is 1. The van der Waals surface area contributed by atoms with Gasteiger partial charge in [-0.2, -0.15) is 0 Å². The van der Waals surface area contributed by atoms with Crippen molar-refractivity contribution in [1.82, 2.24) is 9.55 Å². The molecular formula is C19H20N2O4S. The van der Waals surface area contributed by atoms with E-state index in [-0.39, 0.29) is 5.56 Å². The molecule has 1 N–H and O–H groups in total. The van der Waals surface area contributed by atoms with Gasteiger partial charge in [0.2, 0.25) is 0 Å². The second kappa shape index (κ2) is 6.92. The van der Waals surface area contributed by atoms with Gasteiger partial charge in [-0.3, -0.25) is 9.36 Å². The van der Waals surface area contributed by atoms with Crippen LogP contribution in [-0.4, -0.2) is 27.7 Å². The molecule has 1 aromatic carbocycles. The Morgan fingerprint density at radius 3 is 2.69 bits per heavy atom. The van der Waals surface area contributed by atoms with E-state index < -0.39 is 12.0 Å². The lowest BCUT2D eigenvalue weighted by molar-refractivity contribution is -0.141. The number of carbonyl (C=O) groups is 1. The highest BCUT2D eigenvalue weighted by molar-refractivity contribution is 7.19. The van der Waals surface area contributed by atoms with Gasteiger partial charge in [0.05, 0.1) is 18.8 Å². The molecule has 0 aliphatic rings. The fourth-order valence-corrected chi connectivity index (χ4v) is 4.21. The van der Waals surface area contributed by atoms with E-state index in [1.54, 1.807) is 14.0 Å². The lowest BCUT2D eigenvalue weighted by atomic mass is 10.0. The van der Waals surface area contributed by atoms with Crippen molar-refractivity contribution < 1.29 is 14.6 Å².